The lowest BCUT2D eigenvalue weighted by molar-refractivity contribution is 0.480. The van der Waals surface area contributed by atoms with Crippen LogP contribution in [0.25, 0.3) is 11.5 Å². The van der Waals surface area contributed by atoms with Gasteiger partial charge in [0.1, 0.15) is 5.69 Å². The van der Waals surface area contributed by atoms with Crippen LogP contribution in [0.4, 0.5) is 0 Å². The molecule has 1 N–H and O–H groups in total. The number of nitrogens with zero attached hydrogens (tertiary/aromatic N) is 3. The van der Waals surface area contributed by atoms with Crippen molar-refractivity contribution in [2.45, 2.75) is 53.1 Å². The molecule has 0 unspecified atom stereocenters. The van der Waals surface area contributed by atoms with Gasteiger partial charge in [-0.3, -0.25) is 4.68 Å². The van der Waals surface area contributed by atoms with Gasteiger partial charge >= 0.3 is 0 Å². The Balaban J connectivity index is 2.10. The second-order valence-electron chi connectivity index (χ2n) is 5.17. The molecule has 5 nitrogen and oxygen atoms in total. The van der Waals surface area contributed by atoms with Crippen LogP contribution in [0.1, 0.15) is 39.3 Å². The molecule has 0 aliphatic carbocycles. The van der Waals surface area contributed by atoms with Crippen LogP contribution in [0.15, 0.2) is 16.7 Å². The fraction of sp³-hybridized carbons (Fsp3) is 0.600. The zero-order valence-electron chi connectivity index (χ0n) is 12.8. The van der Waals surface area contributed by atoms with Crippen LogP contribution in [0.2, 0.25) is 0 Å². The van der Waals surface area contributed by atoms with Gasteiger partial charge < -0.3 is 9.73 Å². The van der Waals surface area contributed by atoms with Gasteiger partial charge in [0.2, 0.25) is 0 Å². The summed E-state index contributed by atoms with van der Waals surface area (Å²) in [7, 11) is 0. The van der Waals surface area contributed by atoms with Gasteiger partial charge in [0.05, 0.1) is 11.9 Å². The number of nitrogens with one attached hydrogen (secondary N) is 1. The lowest BCUT2D eigenvalue weighted by Crippen LogP contribution is -2.24. The first-order valence-corrected chi connectivity index (χ1v) is 7.39. The fourth-order valence-electron chi connectivity index (χ4n) is 2.09. The molecule has 0 fully saturated rings. The minimum atomic E-state index is 0.484. The number of hydrogen-bond donors (Lipinski definition) is 1. The SMILES string of the molecule is CCc1cc(-c2cnc(CCNC(C)C)o2)n(CC)n1. The molecule has 0 aliphatic rings. The van der Waals surface area contributed by atoms with Crippen LogP contribution >= 0.6 is 0 Å². The van der Waals surface area contributed by atoms with Crippen molar-refractivity contribution in [1.82, 2.24) is 20.1 Å². The van der Waals surface area contributed by atoms with Gasteiger partial charge in [-0.1, -0.05) is 20.8 Å². The minimum Gasteiger partial charge on any atom is -0.439 e. The maximum Gasteiger partial charge on any atom is 0.196 e. The molecule has 0 radical (unpaired) electrons. The van der Waals surface area contributed by atoms with Gasteiger partial charge in [-0.05, 0) is 19.4 Å². The molecule has 0 bridgehead atoms. The summed E-state index contributed by atoms with van der Waals surface area (Å²) >= 11 is 0. The van der Waals surface area contributed by atoms with Gasteiger partial charge in [-0.2, -0.15) is 5.10 Å². The molecule has 0 spiro atoms. The van der Waals surface area contributed by atoms with Gasteiger partial charge in [0.25, 0.3) is 0 Å². The average molecular weight is 276 g/mol. The Morgan fingerprint density at radius 1 is 1.35 bits per heavy atom. The van der Waals surface area contributed by atoms with Crippen LogP contribution < -0.4 is 5.32 Å². The highest BCUT2D eigenvalue weighted by atomic mass is 16.4. The number of oxazole rings is 1. The zero-order valence-corrected chi connectivity index (χ0v) is 12.8. The van der Waals surface area contributed by atoms with Gasteiger partial charge in [-0.25, -0.2) is 4.98 Å². The molecule has 20 heavy (non-hydrogen) atoms. The molecule has 0 aliphatic heterocycles. The highest BCUT2D eigenvalue weighted by molar-refractivity contribution is 5.52. The molecule has 0 saturated heterocycles. The molecule has 0 saturated carbocycles. The smallest absolute Gasteiger partial charge is 0.196 e. The second-order valence-corrected chi connectivity index (χ2v) is 5.17. The Labute approximate surface area is 120 Å². The van der Waals surface area contributed by atoms with Crippen LogP contribution in [-0.4, -0.2) is 27.4 Å². The van der Waals surface area contributed by atoms with E-state index in [4.69, 9.17) is 4.42 Å². The fourth-order valence-corrected chi connectivity index (χ4v) is 2.09. The summed E-state index contributed by atoms with van der Waals surface area (Å²) in [5.74, 6) is 1.58. The average Bonchev–Trinajstić information content (AvgIpc) is 3.03. The van der Waals surface area contributed by atoms with Crippen LogP contribution in [-0.2, 0) is 19.4 Å². The molecule has 2 rings (SSSR count). The summed E-state index contributed by atoms with van der Waals surface area (Å²) < 4.78 is 7.81. The van der Waals surface area contributed by atoms with Crippen molar-refractivity contribution in [3.05, 3.63) is 23.8 Å². The zero-order chi connectivity index (χ0) is 14.5. The van der Waals surface area contributed by atoms with Crippen molar-refractivity contribution >= 4 is 0 Å². The van der Waals surface area contributed by atoms with Crippen molar-refractivity contribution < 1.29 is 4.42 Å². The number of aryl methyl sites for hydroxylation is 2. The highest BCUT2D eigenvalue weighted by Gasteiger charge is 2.13. The summed E-state index contributed by atoms with van der Waals surface area (Å²) in [6.07, 6.45) is 3.53. The van der Waals surface area contributed by atoms with Gasteiger partial charge in [-0.15, -0.1) is 0 Å². The summed E-state index contributed by atoms with van der Waals surface area (Å²) in [5.41, 5.74) is 2.10. The lowest BCUT2D eigenvalue weighted by Gasteiger charge is -2.05. The van der Waals surface area contributed by atoms with Crippen molar-refractivity contribution in [1.29, 1.82) is 0 Å². The largest absolute Gasteiger partial charge is 0.439 e. The predicted octanol–water partition coefficient (Wildman–Crippen LogP) is 2.66. The molecule has 110 valence electrons. The monoisotopic (exact) mass is 276 g/mol. The molecule has 2 aromatic heterocycles. The Bertz CT molecular complexity index is 542. The Kier molecular flexibility index (Phi) is 4.95. The minimum absolute atomic E-state index is 0.484. The van der Waals surface area contributed by atoms with E-state index < -0.39 is 0 Å². The predicted molar refractivity (Wildman–Crippen MR) is 79.6 cm³/mol. The number of aromatic nitrogens is 3. The first-order valence-electron chi connectivity index (χ1n) is 7.39. The van der Waals surface area contributed by atoms with Crippen molar-refractivity contribution in [2.24, 2.45) is 0 Å². The van der Waals surface area contributed by atoms with E-state index in [2.05, 4.69) is 49.2 Å². The summed E-state index contributed by atoms with van der Waals surface area (Å²) in [5, 5.41) is 7.90. The molecule has 2 aromatic rings. The van der Waals surface area contributed by atoms with E-state index in [1.807, 2.05) is 4.68 Å². The Hall–Kier alpha value is -1.62. The van der Waals surface area contributed by atoms with E-state index in [9.17, 15) is 0 Å². The van der Waals surface area contributed by atoms with Crippen molar-refractivity contribution in [3.63, 3.8) is 0 Å². The van der Waals surface area contributed by atoms with E-state index in [0.717, 1.165) is 49.0 Å². The third kappa shape index (κ3) is 3.48. The molecule has 0 amide bonds. The lowest BCUT2D eigenvalue weighted by atomic mass is 10.3. The maximum atomic E-state index is 5.84. The highest BCUT2D eigenvalue weighted by Crippen LogP contribution is 2.22. The van der Waals surface area contributed by atoms with Gasteiger partial charge in [0.15, 0.2) is 11.7 Å². The molecular weight excluding hydrogens is 252 g/mol. The quantitative estimate of drug-likeness (QED) is 0.844. The normalized spacial score (nSPS) is 11.4. The third-order valence-electron chi connectivity index (χ3n) is 3.19. The molecule has 0 aromatic carbocycles. The van der Waals surface area contributed by atoms with Crippen LogP contribution in [0.5, 0.6) is 0 Å². The summed E-state index contributed by atoms with van der Waals surface area (Å²) in [6.45, 7) is 10.2. The van der Waals surface area contributed by atoms with E-state index in [-0.39, 0.29) is 0 Å². The summed E-state index contributed by atoms with van der Waals surface area (Å²) in [6, 6.07) is 2.57. The third-order valence-corrected chi connectivity index (χ3v) is 3.19. The van der Waals surface area contributed by atoms with E-state index >= 15 is 0 Å². The van der Waals surface area contributed by atoms with Crippen molar-refractivity contribution in [3.8, 4) is 11.5 Å². The maximum absolute atomic E-state index is 5.84. The molecule has 5 heteroatoms. The molecule has 2 heterocycles. The standard InChI is InChI=1S/C15H24N4O/c1-5-12-9-13(19(6-2)18-12)14-10-17-15(20-14)7-8-16-11(3)4/h9-11,16H,5-8H2,1-4H3. The Morgan fingerprint density at radius 3 is 2.80 bits per heavy atom. The first-order chi connectivity index (χ1) is 9.63. The summed E-state index contributed by atoms with van der Waals surface area (Å²) in [4.78, 5) is 4.35. The van der Waals surface area contributed by atoms with Crippen LogP contribution in [0, 0.1) is 0 Å². The van der Waals surface area contributed by atoms with E-state index in [1.54, 1.807) is 6.20 Å². The van der Waals surface area contributed by atoms with Crippen LogP contribution in [0.3, 0.4) is 0 Å². The molecule has 0 atom stereocenters. The number of hydrogen-bond acceptors (Lipinski definition) is 4. The second kappa shape index (κ2) is 6.70. The van der Waals surface area contributed by atoms with E-state index in [0.29, 0.717) is 6.04 Å². The molecular formula is C15H24N4O. The topological polar surface area (TPSA) is 55.9 Å². The Morgan fingerprint density at radius 2 is 2.15 bits per heavy atom. The van der Waals surface area contributed by atoms with Gasteiger partial charge in [0, 0.05) is 25.6 Å². The van der Waals surface area contributed by atoms with Crippen molar-refractivity contribution in [2.75, 3.05) is 6.54 Å². The number of rotatable bonds is 7. The first kappa shape index (κ1) is 14.8. The van der Waals surface area contributed by atoms with E-state index in [1.165, 1.54) is 0 Å².